The zero-order valence-corrected chi connectivity index (χ0v) is 19.2. The first-order valence-corrected chi connectivity index (χ1v) is 11.9. The highest BCUT2D eigenvalue weighted by Crippen LogP contribution is 2.38. The number of pyridine rings is 1. The smallest absolute Gasteiger partial charge is 0.257 e. The van der Waals surface area contributed by atoms with E-state index >= 15 is 0 Å². The largest absolute Gasteiger partial charge is 0.497 e. The number of nitriles is 1. The maximum Gasteiger partial charge on any atom is 0.257 e. The normalized spacial score (nSPS) is 19.3. The molecule has 1 aromatic carbocycles. The number of carbonyl (C=O) groups is 1. The van der Waals surface area contributed by atoms with E-state index in [1.807, 2.05) is 30.0 Å². The minimum Gasteiger partial charge on any atom is -0.497 e. The van der Waals surface area contributed by atoms with Crippen molar-refractivity contribution in [2.75, 3.05) is 57.5 Å². The molecule has 164 valence electrons. The molecule has 7 nitrogen and oxygen atoms in total. The predicted octanol–water partition coefficient (Wildman–Crippen LogP) is 3.41. The standard InChI is InChI=1S/C23H29N5O2S/c1-23(16-24)6-8-26(9-7-23)21-18-5-4-17(30-2)14-20(18)25-15-19(21)22(29)27-10-12-28(31-3)13-11-27/h4-5,14-15H,6-13H2,1-3H3. The van der Waals surface area contributed by atoms with Gasteiger partial charge in [-0.15, -0.1) is 0 Å². The SMILES string of the molecule is COc1ccc2c(N3CCC(C)(C#N)CC3)c(C(=O)N3CCN(SC)CC3)cnc2c1. The number of hydrogen-bond acceptors (Lipinski definition) is 7. The number of hydrogen-bond donors (Lipinski definition) is 0. The Morgan fingerprint density at radius 3 is 2.52 bits per heavy atom. The molecular weight excluding hydrogens is 410 g/mol. The summed E-state index contributed by atoms with van der Waals surface area (Å²) in [6.45, 7) is 6.68. The maximum atomic E-state index is 13.6. The number of ether oxygens (including phenoxy) is 1. The van der Waals surface area contributed by atoms with Gasteiger partial charge in [-0.25, -0.2) is 4.31 Å². The third-order valence-electron chi connectivity index (χ3n) is 6.52. The second-order valence-corrected chi connectivity index (χ2v) is 9.35. The third-order valence-corrected chi connectivity index (χ3v) is 7.40. The molecule has 0 bridgehead atoms. The highest BCUT2D eigenvalue weighted by molar-refractivity contribution is 7.96. The summed E-state index contributed by atoms with van der Waals surface area (Å²) in [6, 6.07) is 8.29. The molecule has 0 unspecified atom stereocenters. The van der Waals surface area contributed by atoms with E-state index in [1.165, 1.54) is 0 Å². The van der Waals surface area contributed by atoms with E-state index in [0.29, 0.717) is 18.7 Å². The number of methoxy groups -OCH3 is 1. The van der Waals surface area contributed by atoms with Crippen LogP contribution in [0.4, 0.5) is 5.69 Å². The van der Waals surface area contributed by atoms with Gasteiger partial charge in [0.05, 0.1) is 35.4 Å². The van der Waals surface area contributed by atoms with Gasteiger partial charge in [0.15, 0.2) is 0 Å². The Labute approximate surface area is 188 Å². The topological polar surface area (TPSA) is 72.7 Å². The monoisotopic (exact) mass is 439 g/mol. The molecule has 0 spiro atoms. The number of aromatic nitrogens is 1. The maximum absolute atomic E-state index is 13.6. The molecule has 0 radical (unpaired) electrons. The molecule has 1 amide bonds. The molecular formula is C23H29N5O2S. The fourth-order valence-corrected chi connectivity index (χ4v) is 4.89. The summed E-state index contributed by atoms with van der Waals surface area (Å²) in [5, 5.41) is 10.5. The lowest BCUT2D eigenvalue weighted by molar-refractivity contribution is 0.0704. The number of piperidine rings is 1. The second-order valence-electron chi connectivity index (χ2n) is 8.47. The van der Waals surface area contributed by atoms with Crippen molar-refractivity contribution in [3.8, 4) is 11.8 Å². The van der Waals surface area contributed by atoms with Crippen molar-refractivity contribution in [1.82, 2.24) is 14.2 Å². The van der Waals surface area contributed by atoms with E-state index in [9.17, 15) is 10.1 Å². The van der Waals surface area contributed by atoms with Gasteiger partial charge in [-0.3, -0.25) is 9.78 Å². The molecule has 4 rings (SSSR count). The van der Waals surface area contributed by atoms with Gasteiger partial charge in [0, 0.05) is 56.9 Å². The number of piperazine rings is 1. The van der Waals surface area contributed by atoms with Crippen LogP contribution in [-0.2, 0) is 0 Å². The first-order chi connectivity index (χ1) is 15.0. The van der Waals surface area contributed by atoms with E-state index in [0.717, 1.165) is 61.4 Å². The molecule has 2 aliphatic heterocycles. The quantitative estimate of drug-likeness (QED) is 0.676. The van der Waals surface area contributed by atoms with Crippen LogP contribution in [0.25, 0.3) is 10.9 Å². The van der Waals surface area contributed by atoms with Crippen molar-refractivity contribution in [3.63, 3.8) is 0 Å². The van der Waals surface area contributed by atoms with Gasteiger partial charge in [0.2, 0.25) is 0 Å². The van der Waals surface area contributed by atoms with E-state index in [1.54, 1.807) is 25.3 Å². The van der Waals surface area contributed by atoms with Crippen molar-refractivity contribution in [2.24, 2.45) is 5.41 Å². The van der Waals surface area contributed by atoms with Gasteiger partial charge >= 0.3 is 0 Å². The Kier molecular flexibility index (Phi) is 6.26. The summed E-state index contributed by atoms with van der Waals surface area (Å²) < 4.78 is 7.65. The van der Waals surface area contributed by atoms with Gasteiger partial charge < -0.3 is 14.5 Å². The van der Waals surface area contributed by atoms with Crippen LogP contribution in [0.15, 0.2) is 24.4 Å². The third kappa shape index (κ3) is 4.30. The first-order valence-electron chi connectivity index (χ1n) is 10.7. The molecule has 31 heavy (non-hydrogen) atoms. The van der Waals surface area contributed by atoms with Gasteiger partial charge in [0.25, 0.3) is 5.91 Å². The molecule has 1 aromatic heterocycles. The van der Waals surface area contributed by atoms with Gasteiger partial charge in [-0.1, -0.05) is 11.9 Å². The van der Waals surface area contributed by atoms with E-state index in [4.69, 9.17) is 4.74 Å². The minimum absolute atomic E-state index is 0.0367. The van der Waals surface area contributed by atoms with Crippen molar-refractivity contribution < 1.29 is 9.53 Å². The highest BCUT2D eigenvalue weighted by atomic mass is 32.2. The number of benzene rings is 1. The summed E-state index contributed by atoms with van der Waals surface area (Å²) in [5.41, 5.74) is 2.09. The summed E-state index contributed by atoms with van der Waals surface area (Å²) in [5.74, 6) is 0.781. The molecule has 8 heteroatoms. The van der Waals surface area contributed by atoms with E-state index < -0.39 is 0 Å². The Hall–Kier alpha value is -2.50. The molecule has 2 saturated heterocycles. The number of fused-ring (bicyclic) bond motifs is 1. The van der Waals surface area contributed by atoms with E-state index in [2.05, 4.69) is 26.5 Å². The average Bonchev–Trinajstić information content (AvgIpc) is 2.83. The van der Waals surface area contributed by atoms with Crippen LogP contribution in [0.1, 0.15) is 30.1 Å². The number of rotatable bonds is 4. The molecule has 0 aliphatic carbocycles. The van der Waals surface area contributed by atoms with Crippen molar-refractivity contribution in [2.45, 2.75) is 19.8 Å². The summed E-state index contributed by atoms with van der Waals surface area (Å²) in [4.78, 5) is 22.4. The Morgan fingerprint density at radius 1 is 1.19 bits per heavy atom. The fourth-order valence-electron chi connectivity index (χ4n) is 4.36. The summed E-state index contributed by atoms with van der Waals surface area (Å²) >= 11 is 1.72. The number of carbonyl (C=O) groups excluding carboxylic acids is 1. The average molecular weight is 440 g/mol. The zero-order valence-electron chi connectivity index (χ0n) is 18.4. The molecule has 2 aliphatic rings. The zero-order chi connectivity index (χ0) is 22.0. The van der Waals surface area contributed by atoms with E-state index in [-0.39, 0.29) is 11.3 Å². The molecule has 2 fully saturated rings. The second kappa shape index (κ2) is 8.93. The number of anilines is 1. The molecule has 0 N–H and O–H groups in total. The van der Waals surface area contributed by atoms with Crippen molar-refractivity contribution in [3.05, 3.63) is 30.0 Å². The summed E-state index contributed by atoms with van der Waals surface area (Å²) in [6.07, 6.45) is 5.36. The first kappa shape index (κ1) is 21.7. The Bertz CT molecular complexity index is 1000. The van der Waals surface area contributed by atoms with Crippen LogP contribution < -0.4 is 9.64 Å². The lowest BCUT2D eigenvalue weighted by Crippen LogP contribution is -2.47. The van der Waals surface area contributed by atoms with Gasteiger partial charge in [-0.05, 0) is 38.2 Å². The van der Waals surface area contributed by atoms with Crippen LogP contribution in [0, 0.1) is 16.7 Å². The summed E-state index contributed by atoms with van der Waals surface area (Å²) in [7, 11) is 1.64. The van der Waals surface area contributed by atoms with Crippen LogP contribution in [0.2, 0.25) is 0 Å². The number of nitrogens with zero attached hydrogens (tertiary/aromatic N) is 5. The molecule has 2 aromatic rings. The molecule has 3 heterocycles. The fraction of sp³-hybridized carbons (Fsp3) is 0.522. The van der Waals surface area contributed by atoms with Crippen LogP contribution in [0.3, 0.4) is 0 Å². The van der Waals surface area contributed by atoms with Crippen LogP contribution in [-0.4, -0.2) is 72.7 Å². The molecule has 0 saturated carbocycles. The number of amides is 1. The lowest BCUT2D eigenvalue weighted by atomic mass is 9.81. The predicted molar refractivity (Wildman–Crippen MR) is 124 cm³/mol. The van der Waals surface area contributed by atoms with Gasteiger partial charge in [0.1, 0.15) is 5.75 Å². The van der Waals surface area contributed by atoms with Crippen LogP contribution in [0.5, 0.6) is 5.75 Å². The Morgan fingerprint density at radius 2 is 1.90 bits per heavy atom. The Balaban J connectivity index is 1.72. The highest BCUT2D eigenvalue weighted by Gasteiger charge is 2.33. The van der Waals surface area contributed by atoms with Crippen molar-refractivity contribution >= 4 is 34.4 Å². The van der Waals surface area contributed by atoms with Crippen molar-refractivity contribution in [1.29, 1.82) is 5.26 Å². The molecule has 0 atom stereocenters. The van der Waals surface area contributed by atoms with Gasteiger partial charge in [-0.2, -0.15) is 5.26 Å². The minimum atomic E-state index is -0.305. The van der Waals surface area contributed by atoms with Crippen LogP contribution >= 0.6 is 11.9 Å². The lowest BCUT2D eigenvalue weighted by Gasteiger charge is -2.38.